The van der Waals surface area contributed by atoms with Crippen molar-refractivity contribution >= 4 is 21.8 Å². The molecule has 3 aromatic carbocycles. The molecule has 10 aromatic rings. The van der Waals surface area contributed by atoms with Crippen LogP contribution < -0.4 is 0 Å². The van der Waals surface area contributed by atoms with E-state index in [9.17, 15) is 0 Å². The van der Waals surface area contributed by atoms with Crippen molar-refractivity contribution in [2.24, 2.45) is 0 Å². The van der Waals surface area contributed by atoms with Crippen molar-refractivity contribution in [2.75, 3.05) is 0 Å². The standard InChI is InChI=1S/C47H29N9/c1-3-13-43-35(9-1)37(19-23-50-43)46-54-45(55-47(56-46)38-20-24-51-44-14-4-2-10-36(38)44)34-26-32(41-17-15-30(28-52-41)39-11-5-7-21-48-39)25-33(27-34)42-18-16-31(29-53-42)40-12-6-8-22-49-40/h1-29H. The second-order valence-corrected chi connectivity index (χ2v) is 13.2. The van der Waals surface area contributed by atoms with E-state index in [2.05, 4.69) is 38.1 Å². The summed E-state index contributed by atoms with van der Waals surface area (Å²) in [6.45, 7) is 0. The van der Waals surface area contributed by atoms with Crippen LogP contribution in [0, 0.1) is 0 Å². The minimum Gasteiger partial charge on any atom is -0.256 e. The van der Waals surface area contributed by atoms with Crippen molar-refractivity contribution < 1.29 is 0 Å². The van der Waals surface area contributed by atoms with Crippen molar-refractivity contribution in [2.45, 2.75) is 0 Å². The van der Waals surface area contributed by atoms with Gasteiger partial charge in [-0.2, -0.15) is 0 Å². The molecule has 0 unspecified atom stereocenters. The monoisotopic (exact) mass is 719 g/mol. The Morgan fingerprint density at radius 1 is 0.286 bits per heavy atom. The fourth-order valence-corrected chi connectivity index (χ4v) is 6.88. The van der Waals surface area contributed by atoms with Crippen LogP contribution >= 0.6 is 0 Å². The second-order valence-electron chi connectivity index (χ2n) is 13.2. The van der Waals surface area contributed by atoms with Crippen molar-refractivity contribution in [1.82, 2.24) is 44.9 Å². The Kier molecular flexibility index (Phi) is 8.27. The molecule has 7 heterocycles. The van der Waals surface area contributed by atoms with Gasteiger partial charge in [0.2, 0.25) is 0 Å². The quantitative estimate of drug-likeness (QED) is 0.159. The number of fused-ring (bicyclic) bond motifs is 2. The molecular weight excluding hydrogens is 691 g/mol. The maximum absolute atomic E-state index is 5.18. The molecule has 0 amide bonds. The van der Waals surface area contributed by atoms with Crippen LogP contribution in [0.5, 0.6) is 0 Å². The predicted molar refractivity (Wildman–Crippen MR) is 220 cm³/mol. The van der Waals surface area contributed by atoms with Gasteiger partial charge in [0.1, 0.15) is 0 Å². The Hall–Kier alpha value is -7.91. The van der Waals surface area contributed by atoms with E-state index in [1.165, 1.54) is 0 Å². The minimum atomic E-state index is 0.505. The van der Waals surface area contributed by atoms with E-state index in [1.807, 2.05) is 134 Å². The van der Waals surface area contributed by atoms with Gasteiger partial charge in [-0.3, -0.25) is 29.9 Å². The number of hydrogen-bond acceptors (Lipinski definition) is 9. The van der Waals surface area contributed by atoms with E-state index in [4.69, 9.17) is 24.9 Å². The van der Waals surface area contributed by atoms with Crippen LogP contribution in [0.3, 0.4) is 0 Å². The molecule has 0 saturated heterocycles. The largest absolute Gasteiger partial charge is 0.256 e. The number of rotatable bonds is 7. The molecule has 0 bridgehead atoms. The zero-order valence-electron chi connectivity index (χ0n) is 29.8. The fraction of sp³-hybridized carbons (Fsp3) is 0. The lowest BCUT2D eigenvalue weighted by Gasteiger charge is -2.13. The van der Waals surface area contributed by atoms with Crippen LogP contribution in [0.2, 0.25) is 0 Å². The molecule has 0 radical (unpaired) electrons. The number of pyridine rings is 6. The van der Waals surface area contributed by atoms with Crippen molar-refractivity contribution in [1.29, 1.82) is 0 Å². The minimum absolute atomic E-state index is 0.505. The molecule has 7 aromatic heterocycles. The summed E-state index contributed by atoms with van der Waals surface area (Å²) in [6.07, 6.45) is 10.9. The Labute approximate surface area is 321 Å². The third-order valence-electron chi connectivity index (χ3n) is 9.65. The van der Waals surface area contributed by atoms with Gasteiger partial charge in [0, 0.05) is 86.9 Å². The van der Waals surface area contributed by atoms with E-state index in [0.717, 1.165) is 83.5 Å². The molecule has 56 heavy (non-hydrogen) atoms. The average Bonchev–Trinajstić information content (AvgIpc) is 3.29. The van der Waals surface area contributed by atoms with Crippen molar-refractivity contribution in [3.05, 3.63) is 177 Å². The first-order valence-corrected chi connectivity index (χ1v) is 18.1. The van der Waals surface area contributed by atoms with Gasteiger partial charge in [-0.25, -0.2) is 15.0 Å². The number of hydrogen-bond donors (Lipinski definition) is 0. The van der Waals surface area contributed by atoms with Crippen LogP contribution in [-0.2, 0) is 0 Å². The van der Waals surface area contributed by atoms with Crippen LogP contribution in [0.1, 0.15) is 0 Å². The second kappa shape index (κ2) is 14.1. The van der Waals surface area contributed by atoms with Crippen molar-refractivity contribution in [3.63, 3.8) is 0 Å². The first-order valence-electron chi connectivity index (χ1n) is 18.1. The Morgan fingerprint density at radius 2 is 0.732 bits per heavy atom. The normalized spacial score (nSPS) is 11.2. The van der Waals surface area contributed by atoms with E-state index in [1.54, 1.807) is 24.8 Å². The molecule has 0 aliphatic heterocycles. The molecule has 0 saturated carbocycles. The zero-order valence-corrected chi connectivity index (χ0v) is 29.8. The van der Waals surface area contributed by atoms with Gasteiger partial charge in [-0.15, -0.1) is 0 Å². The Bertz CT molecular complexity index is 2800. The van der Waals surface area contributed by atoms with E-state index in [0.29, 0.717) is 17.5 Å². The lowest BCUT2D eigenvalue weighted by Crippen LogP contribution is -2.02. The molecule has 0 spiro atoms. The highest BCUT2D eigenvalue weighted by Gasteiger charge is 2.18. The van der Waals surface area contributed by atoms with E-state index < -0.39 is 0 Å². The first kappa shape index (κ1) is 32.7. The highest BCUT2D eigenvalue weighted by atomic mass is 15.0. The van der Waals surface area contributed by atoms with Gasteiger partial charge in [0.15, 0.2) is 17.5 Å². The van der Waals surface area contributed by atoms with Gasteiger partial charge in [-0.05, 0) is 91.0 Å². The summed E-state index contributed by atoms with van der Waals surface area (Å²) < 4.78 is 0. The number of nitrogens with zero attached hydrogens (tertiary/aromatic N) is 9. The Morgan fingerprint density at radius 3 is 1.20 bits per heavy atom. The molecule has 9 nitrogen and oxygen atoms in total. The molecule has 0 aliphatic rings. The smallest absolute Gasteiger partial charge is 0.164 e. The molecule has 9 heteroatoms. The summed E-state index contributed by atoms with van der Waals surface area (Å²) in [4.78, 5) is 43.6. The van der Waals surface area contributed by atoms with Gasteiger partial charge in [0.25, 0.3) is 0 Å². The van der Waals surface area contributed by atoms with Gasteiger partial charge in [-0.1, -0.05) is 48.5 Å². The van der Waals surface area contributed by atoms with Gasteiger partial charge >= 0.3 is 0 Å². The average molecular weight is 720 g/mol. The molecule has 10 rings (SSSR count). The van der Waals surface area contributed by atoms with Crippen LogP contribution in [0.4, 0.5) is 0 Å². The summed E-state index contributed by atoms with van der Waals surface area (Å²) in [5, 5.41) is 1.89. The van der Waals surface area contributed by atoms with Gasteiger partial charge in [0.05, 0.1) is 33.8 Å². The number of aromatic nitrogens is 9. The number of benzene rings is 3. The number of para-hydroxylation sites is 2. The van der Waals surface area contributed by atoms with Crippen LogP contribution in [-0.4, -0.2) is 44.9 Å². The van der Waals surface area contributed by atoms with Crippen LogP contribution in [0.25, 0.3) is 101 Å². The summed E-state index contributed by atoms with van der Waals surface area (Å²) in [6, 6.07) is 46.0. The zero-order chi connectivity index (χ0) is 37.3. The summed E-state index contributed by atoms with van der Waals surface area (Å²) in [5.41, 5.74) is 11.1. The highest BCUT2D eigenvalue weighted by Crippen LogP contribution is 2.35. The third kappa shape index (κ3) is 6.29. The fourth-order valence-electron chi connectivity index (χ4n) is 6.88. The van der Waals surface area contributed by atoms with E-state index >= 15 is 0 Å². The van der Waals surface area contributed by atoms with Crippen molar-refractivity contribution in [3.8, 4) is 79.2 Å². The maximum atomic E-state index is 5.18. The molecule has 0 fully saturated rings. The summed E-state index contributed by atoms with van der Waals surface area (Å²) >= 11 is 0. The molecule has 0 N–H and O–H groups in total. The van der Waals surface area contributed by atoms with E-state index in [-0.39, 0.29) is 0 Å². The molecule has 262 valence electrons. The van der Waals surface area contributed by atoms with Crippen LogP contribution in [0.15, 0.2) is 177 Å². The predicted octanol–water partition coefficient (Wildman–Crippen LogP) is 10.2. The molecule has 0 atom stereocenters. The third-order valence-corrected chi connectivity index (χ3v) is 9.65. The topological polar surface area (TPSA) is 116 Å². The Balaban J connectivity index is 1.18. The summed E-state index contributed by atoms with van der Waals surface area (Å²) in [7, 11) is 0. The van der Waals surface area contributed by atoms with Gasteiger partial charge < -0.3 is 0 Å². The molecule has 0 aliphatic carbocycles. The lowest BCUT2D eigenvalue weighted by atomic mass is 9.99. The SMILES string of the molecule is c1ccc(-c2ccc(-c3cc(-c4ccc(-c5ccccn5)cn4)cc(-c4nc(-c5ccnc6ccccc56)nc(-c5ccnc6ccccc56)n4)c3)nc2)nc1. The lowest BCUT2D eigenvalue weighted by molar-refractivity contribution is 1.08. The maximum Gasteiger partial charge on any atom is 0.164 e. The molecular formula is C47H29N9. The highest BCUT2D eigenvalue weighted by molar-refractivity contribution is 5.95. The summed E-state index contributed by atoms with van der Waals surface area (Å²) in [5.74, 6) is 1.57. The first-order chi connectivity index (χ1) is 27.7.